The Morgan fingerprint density at radius 2 is 1.97 bits per heavy atom. The van der Waals surface area contributed by atoms with Crippen molar-refractivity contribution in [2.24, 2.45) is 11.8 Å². The number of rotatable bonds is 8. The molecule has 0 radical (unpaired) electrons. The average Bonchev–Trinajstić information content (AvgIpc) is 3.57. The minimum Gasteiger partial charge on any atom is -0.342 e. The molecule has 1 aromatic heterocycles. The summed E-state index contributed by atoms with van der Waals surface area (Å²) in [6.45, 7) is 3.18. The zero-order chi connectivity index (χ0) is 23.5. The van der Waals surface area contributed by atoms with E-state index in [9.17, 15) is 18.4 Å². The Morgan fingerprint density at radius 1 is 1.24 bits per heavy atom. The maximum absolute atomic E-state index is 14.4. The Kier molecular flexibility index (Phi) is 7.69. The maximum Gasteiger partial charge on any atom is 0.233 e. The molecule has 1 aromatic carbocycles. The molecular formula is C24H29F2N3O2S2. The van der Waals surface area contributed by atoms with Crippen LogP contribution in [0, 0.1) is 30.4 Å². The van der Waals surface area contributed by atoms with Gasteiger partial charge in [0.2, 0.25) is 11.8 Å². The predicted octanol–water partition coefficient (Wildman–Crippen LogP) is 4.54. The van der Waals surface area contributed by atoms with Crippen molar-refractivity contribution in [1.82, 2.24) is 14.8 Å². The van der Waals surface area contributed by atoms with Gasteiger partial charge < -0.3 is 9.80 Å². The first-order valence-electron chi connectivity index (χ1n) is 11.3. The molecule has 1 aliphatic heterocycles. The molecule has 0 unspecified atom stereocenters. The van der Waals surface area contributed by atoms with E-state index in [1.807, 2.05) is 17.2 Å². The van der Waals surface area contributed by atoms with Crippen molar-refractivity contribution < 1.29 is 18.4 Å². The number of amides is 2. The second-order valence-electron chi connectivity index (χ2n) is 8.99. The molecule has 33 heavy (non-hydrogen) atoms. The molecule has 2 aliphatic rings. The highest BCUT2D eigenvalue weighted by Gasteiger charge is 2.38. The van der Waals surface area contributed by atoms with Gasteiger partial charge in [0, 0.05) is 49.2 Å². The number of aromatic nitrogens is 1. The van der Waals surface area contributed by atoms with E-state index in [0.29, 0.717) is 30.8 Å². The van der Waals surface area contributed by atoms with Gasteiger partial charge in [0.15, 0.2) is 4.34 Å². The van der Waals surface area contributed by atoms with Crippen LogP contribution in [-0.4, -0.2) is 58.5 Å². The van der Waals surface area contributed by atoms with Crippen LogP contribution in [0.25, 0.3) is 0 Å². The molecule has 2 aromatic rings. The number of carbonyl (C=O) groups excluding carboxylic acids is 2. The molecule has 1 saturated carbocycles. The van der Waals surface area contributed by atoms with E-state index in [4.69, 9.17) is 0 Å². The third kappa shape index (κ3) is 6.12. The van der Waals surface area contributed by atoms with Crippen LogP contribution in [0.15, 0.2) is 27.9 Å². The van der Waals surface area contributed by atoms with E-state index in [-0.39, 0.29) is 29.7 Å². The molecule has 1 aliphatic carbocycles. The number of nitrogens with zero attached hydrogens (tertiary/aromatic N) is 3. The highest BCUT2D eigenvalue weighted by molar-refractivity contribution is 8.01. The first-order chi connectivity index (χ1) is 15.8. The van der Waals surface area contributed by atoms with Gasteiger partial charge in [0.05, 0.1) is 5.75 Å². The Hall–Kier alpha value is -2.00. The normalized spacial score (nSPS) is 17.8. The zero-order valence-corrected chi connectivity index (χ0v) is 20.6. The van der Waals surface area contributed by atoms with Crippen molar-refractivity contribution in [3.05, 3.63) is 46.5 Å². The molecule has 4 rings (SSSR count). The molecule has 178 valence electrons. The number of piperidine rings is 1. The van der Waals surface area contributed by atoms with Crippen molar-refractivity contribution in [3.63, 3.8) is 0 Å². The second-order valence-corrected chi connectivity index (χ2v) is 11.1. The highest BCUT2D eigenvalue weighted by Crippen LogP contribution is 2.34. The first kappa shape index (κ1) is 24.1. The van der Waals surface area contributed by atoms with Crippen LogP contribution in [0.4, 0.5) is 8.78 Å². The molecule has 1 atom stereocenters. The fourth-order valence-electron chi connectivity index (χ4n) is 4.46. The van der Waals surface area contributed by atoms with Crippen molar-refractivity contribution >= 4 is 34.9 Å². The van der Waals surface area contributed by atoms with Crippen LogP contribution in [0.5, 0.6) is 0 Å². The molecule has 2 amide bonds. The van der Waals surface area contributed by atoms with Crippen LogP contribution in [0.2, 0.25) is 0 Å². The lowest BCUT2D eigenvalue weighted by molar-refractivity contribution is -0.136. The molecule has 0 spiro atoms. The molecule has 0 N–H and O–H groups in total. The van der Waals surface area contributed by atoms with Crippen molar-refractivity contribution in [2.45, 2.75) is 49.4 Å². The topological polar surface area (TPSA) is 53.5 Å². The summed E-state index contributed by atoms with van der Waals surface area (Å²) in [6.07, 6.45) is 3.66. The Balaban J connectivity index is 1.38. The number of aryl methyl sites for hydroxylation is 1. The first-order valence-corrected chi connectivity index (χ1v) is 13.2. The number of benzene rings is 1. The highest BCUT2D eigenvalue weighted by atomic mass is 32.2. The zero-order valence-electron chi connectivity index (χ0n) is 18.9. The Morgan fingerprint density at radius 3 is 2.58 bits per heavy atom. The fourth-order valence-corrected chi connectivity index (χ4v) is 6.21. The summed E-state index contributed by atoms with van der Waals surface area (Å²) in [5, 5.41) is 1.97. The van der Waals surface area contributed by atoms with Gasteiger partial charge in [0.1, 0.15) is 11.6 Å². The molecule has 5 nitrogen and oxygen atoms in total. The summed E-state index contributed by atoms with van der Waals surface area (Å²) >= 11 is 3.01. The summed E-state index contributed by atoms with van der Waals surface area (Å²) < 4.78 is 28.7. The standard InChI is InChI=1S/C24H29F2N3O2S2/c1-15-13-32-24(27-15)33-14-22(30)29-9-7-16(8-10-29)21(28(2)23(31)17-3-4-17)11-18-5-6-19(25)12-20(18)26/h5-6,12-13,16-17,21H,3-4,7-11,14H2,1-2H3/t21-/m0/s1. The number of halogens is 2. The van der Waals surface area contributed by atoms with Crippen LogP contribution >= 0.6 is 23.1 Å². The Bertz CT molecular complexity index is 1000. The molecule has 9 heteroatoms. The summed E-state index contributed by atoms with van der Waals surface area (Å²) in [5.74, 6) is -0.389. The lowest BCUT2D eigenvalue weighted by Crippen LogP contribution is -2.49. The minimum atomic E-state index is -0.604. The summed E-state index contributed by atoms with van der Waals surface area (Å²) in [7, 11) is 1.80. The molecule has 2 heterocycles. The van der Waals surface area contributed by atoms with Gasteiger partial charge in [-0.1, -0.05) is 17.8 Å². The number of carbonyl (C=O) groups is 2. The molecule has 2 fully saturated rings. The van der Waals surface area contributed by atoms with Gasteiger partial charge in [-0.2, -0.15) is 0 Å². The van der Waals surface area contributed by atoms with Crippen LogP contribution < -0.4 is 0 Å². The summed E-state index contributed by atoms with van der Waals surface area (Å²) in [6, 6.07) is 3.46. The van der Waals surface area contributed by atoms with Crippen molar-refractivity contribution in [2.75, 3.05) is 25.9 Å². The lowest BCUT2D eigenvalue weighted by Gasteiger charge is -2.40. The number of thioether (sulfide) groups is 1. The van der Waals surface area contributed by atoms with E-state index >= 15 is 0 Å². The third-order valence-electron chi connectivity index (χ3n) is 6.57. The van der Waals surface area contributed by atoms with E-state index < -0.39 is 11.6 Å². The lowest BCUT2D eigenvalue weighted by atomic mass is 9.84. The smallest absolute Gasteiger partial charge is 0.233 e. The molecule has 1 saturated heterocycles. The van der Waals surface area contributed by atoms with E-state index in [0.717, 1.165) is 41.8 Å². The number of thiazole rings is 1. The van der Waals surface area contributed by atoms with Gasteiger partial charge in [-0.25, -0.2) is 13.8 Å². The SMILES string of the molecule is Cc1csc(SCC(=O)N2CCC([C@H](Cc3ccc(F)cc3F)N(C)C(=O)C3CC3)CC2)n1. The number of likely N-dealkylation sites (tertiary alicyclic amines) is 1. The van der Waals surface area contributed by atoms with Crippen LogP contribution in [0.1, 0.15) is 36.9 Å². The van der Waals surface area contributed by atoms with Gasteiger partial charge in [-0.3, -0.25) is 9.59 Å². The third-order valence-corrected chi connectivity index (χ3v) is 8.69. The quantitative estimate of drug-likeness (QED) is 0.507. The number of hydrogen-bond acceptors (Lipinski definition) is 5. The largest absolute Gasteiger partial charge is 0.342 e. The van der Waals surface area contributed by atoms with Gasteiger partial charge in [-0.05, 0) is 56.6 Å². The van der Waals surface area contributed by atoms with Gasteiger partial charge in [-0.15, -0.1) is 11.3 Å². The summed E-state index contributed by atoms with van der Waals surface area (Å²) in [4.78, 5) is 33.6. The maximum atomic E-state index is 14.4. The fraction of sp³-hybridized carbons (Fsp3) is 0.542. The molecular weight excluding hydrogens is 464 g/mol. The second kappa shape index (κ2) is 10.5. The number of likely N-dealkylation sites (N-methyl/N-ethyl adjacent to an activating group) is 1. The predicted molar refractivity (Wildman–Crippen MR) is 126 cm³/mol. The number of hydrogen-bond donors (Lipinski definition) is 0. The van der Waals surface area contributed by atoms with Crippen molar-refractivity contribution in [3.8, 4) is 0 Å². The van der Waals surface area contributed by atoms with Crippen LogP contribution in [-0.2, 0) is 16.0 Å². The van der Waals surface area contributed by atoms with Gasteiger partial charge >= 0.3 is 0 Å². The van der Waals surface area contributed by atoms with Crippen LogP contribution in [0.3, 0.4) is 0 Å². The summed E-state index contributed by atoms with van der Waals surface area (Å²) in [5.41, 5.74) is 1.38. The Labute approximate surface area is 201 Å². The van der Waals surface area contributed by atoms with E-state index in [1.54, 1.807) is 23.3 Å². The molecule has 0 bridgehead atoms. The average molecular weight is 494 g/mol. The minimum absolute atomic E-state index is 0.0729. The van der Waals surface area contributed by atoms with E-state index in [1.165, 1.54) is 23.9 Å². The monoisotopic (exact) mass is 493 g/mol. The van der Waals surface area contributed by atoms with E-state index in [2.05, 4.69) is 4.98 Å². The van der Waals surface area contributed by atoms with Crippen molar-refractivity contribution in [1.29, 1.82) is 0 Å². The van der Waals surface area contributed by atoms with Gasteiger partial charge in [0.25, 0.3) is 0 Å².